The summed E-state index contributed by atoms with van der Waals surface area (Å²) < 4.78 is 1.93. The van der Waals surface area contributed by atoms with Crippen molar-refractivity contribution in [2.75, 3.05) is 6.26 Å². The van der Waals surface area contributed by atoms with Gasteiger partial charge in [-0.2, -0.15) is 11.8 Å². The molecule has 2 rings (SSSR count). The second kappa shape index (κ2) is 6.12. The predicted molar refractivity (Wildman–Crippen MR) is 74.6 cm³/mol. The van der Waals surface area contributed by atoms with Crippen molar-refractivity contribution < 1.29 is 0 Å². The van der Waals surface area contributed by atoms with Gasteiger partial charge in [-0.15, -0.1) is 0 Å². The Labute approximate surface area is 112 Å². The minimum absolute atomic E-state index is 0.636. The van der Waals surface area contributed by atoms with Crippen LogP contribution in [-0.2, 0) is 13.6 Å². The van der Waals surface area contributed by atoms with Crippen molar-refractivity contribution in [1.82, 2.24) is 14.9 Å². The molecule has 0 bridgehead atoms. The van der Waals surface area contributed by atoms with Crippen LogP contribution in [0.5, 0.6) is 0 Å². The van der Waals surface area contributed by atoms with Crippen LogP contribution in [0.3, 0.4) is 0 Å². The van der Waals surface area contributed by atoms with Gasteiger partial charge < -0.3 is 9.88 Å². The molecule has 0 amide bonds. The number of nitrogens with zero attached hydrogens (tertiary/aromatic N) is 2. The Morgan fingerprint density at radius 3 is 3.06 bits per heavy atom. The highest BCUT2D eigenvalue weighted by molar-refractivity contribution is 7.99. The van der Waals surface area contributed by atoms with Gasteiger partial charge in [0.1, 0.15) is 11.0 Å². The molecule has 0 spiro atoms. The fourth-order valence-corrected chi connectivity index (χ4v) is 3.34. The van der Waals surface area contributed by atoms with E-state index in [1.807, 2.05) is 23.4 Å². The van der Waals surface area contributed by atoms with Crippen LogP contribution in [0.2, 0.25) is 5.15 Å². The molecule has 1 aromatic heterocycles. The lowest BCUT2D eigenvalue weighted by molar-refractivity contribution is 0.375. The van der Waals surface area contributed by atoms with Crippen molar-refractivity contribution in [2.45, 2.75) is 43.5 Å². The summed E-state index contributed by atoms with van der Waals surface area (Å²) in [5.41, 5.74) is 0. The molecule has 0 aromatic carbocycles. The number of thioether (sulfide) groups is 1. The maximum absolute atomic E-state index is 5.97. The minimum Gasteiger partial charge on any atom is -0.321 e. The normalized spacial score (nSPS) is 25.1. The maximum Gasteiger partial charge on any atom is 0.128 e. The van der Waals surface area contributed by atoms with Crippen molar-refractivity contribution in [2.24, 2.45) is 7.05 Å². The van der Waals surface area contributed by atoms with Crippen LogP contribution in [0, 0.1) is 0 Å². The largest absolute Gasteiger partial charge is 0.321 e. The van der Waals surface area contributed by atoms with E-state index in [1.54, 1.807) is 6.20 Å². The molecule has 1 saturated carbocycles. The fraction of sp³-hybridized carbons (Fsp3) is 0.750. The molecule has 17 heavy (non-hydrogen) atoms. The number of aromatic nitrogens is 2. The first-order valence-corrected chi connectivity index (χ1v) is 7.79. The molecule has 2 atom stereocenters. The molecule has 1 heterocycles. The van der Waals surface area contributed by atoms with E-state index >= 15 is 0 Å². The summed E-state index contributed by atoms with van der Waals surface area (Å²) in [5, 5.41) is 5.13. The number of halogens is 1. The van der Waals surface area contributed by atoms with Crippen LogP contribution in [-0.4, -0.2) is 27.1 Å². The van der Waals surface area contributed by atoms with Gasteiger partial charge in [0, 0.05) is 18.3 Å². The van der Waals surface area contributed by atoms with Crippen LogP contribution < -0.4 is 5.32 Å². The first-order valence-electron chi connectivity index (χ1n) is 6.13. The third kappa shape index (κ3) is 3.39. The number of hydrogen-bond donors (Lipinski definition) is 1. The first kappa shape index (κ1) is 13.2. The molecule has 0 radical (unpaired) electrons. The summed E-state index contributed by atoms with van der Waals surface area (Å²) in [4.78, 5) is 4.30. The van der Waals surface area contributed by atoms with Gasteiger partial charge in [-0.05, 0) is 25.5 Å². The highest BCUT2D eigenvalue weighted by Gasteiger charge is 2.21. The van der Waals surface area contributed by atoms with Crippen molar-refractivity contribution in [1.29, 1.82) is 0 Å². The van der Waals surface area contributed by atoms with Gasteiger partial charge in [0.05, 0.1) is 12.7 Å². The summed E-state index contributed by atoms with van der Waals surface area (Å²) in [6.45, 7) is 0.814. The van der Waals surface area contributed by atoms with Gasteiger partial charge in [-0.3, -0.25) is 0 Å². The SMILES string of the molecule is CSC1CCCC(NCc2ncc(Cl)n2C)C1. The molecule has 5 heteroatoms. The van der Waals surface area contributed by atoms with E-state index in [0.29, 0.717) is 11.2 Å². The van der Waals surface area contributed by atoms with Crippen molar-refractivity contribution >= 4 is 23.4 Å². The molecular weight excluding hydrogens is 254 g/mol. The third-order valence-electron chi connectivity index (χ3n) is 3.54. The van der Waals surface area contributed by atoms with Crippen LogP contribution in [0.25, 0.3) is 0 Å². The predicted octanol–water partition coefficient (Wildman–Crippen LogP) is 2.84. The molecule has 1 aromatic rings. The lowest BCUT2D eigenvalue weighted by atomic mass is 9.95. The van der Waals surface area contributed by atoms with Crippen LogP contribution in [0.1, 0.15) is 31.5 Å². The number of rotatable bonds is 4. The lowest BCUT2D eigenvalue weighted by Gasteiger charge is -2.28. The Balaban J connectivity index is 1.83. The van der Waals surface area contributed by atoms with E-state index in [9.17, 15) is 0 Å². The summed E-state index contributed by atoms with van der Waals surface area (Å²) in [6, 6.07) is 0.636. The molecular formula is C12H20ClN3S. The maximum atomic E-state index is 5.97. The second-order valence-electron chi connectivity index (χ2n) is 4.66. The van der Waals surface area contributed by atoms with Crippen molar-refractivity contribution in [3.8, 4) is 0 Å². The Kier molecular flexibility index (Phi) is 4.77. The standard InChI is InChI=1S/C12H20ClN3S/c1-16-11(13)7-15-12(16)8-14-9-4-3-5-10(6-9)17-2/h7,9-10,14H,3-6,8H2,1-2H3. The van der Waals surface area contributed by atoms with E-state index in [4.69, 9.17) is 11.6 Å². The second-order valence-corrected chi connectivity index (χ2v) is 6.18. The minimum atomic E-state index is 0.636. The number of imidazole rings is 1. The molecule has 96 valence electrons. The highest BCUT2D eigenvalue weighted by Crippen LogP contribution is 2.27. The van der Waals surface area contributed by atoms with Crippen LogP contribution in [0.4, 0.5) is 0 Å². The van der Waals surface area contributed by atoms with Crippen LogP contribution >= 0.6 is 23.4 Å². The molecule has 1 aliphatic rings. The summed E-state index contributed by atoms with van der Waals surface area (Å²) in [6.07, 6.45) is 9.20. The zero-order valence-corrected chi connectivity index (χ0v) is 12.0. The Morgan fingerprint density at radius 1 is 1.59 bits per heavy atom. The smallest absolute Gasteiger partial charge is 0.128 e. The van der Waals surface area contributed by atoms with E-state index in [2.05, 4.69) is 16.6 Å². The number of hydrogen-bond acceptors (Lipinski definition) is 3. The van der Waals surface area contributed by atoms with Gasteiger partial charge in [-0.1, -0.05) is 18.0 Å². The number of nitrogens with one attached hydrogen (secondary N) is 1. The average Bonchev–Trinajstić information content (AvgIpc) is 2.68. The zero-order chi connectivity index (χ0) is 12.3. The summed E-state index contributed by atoms with van der Waals surface area (Å²) in [5.74, 6) is 1.02. The fourth-order valence-electron chi connectivity index (χ4n) is 2.37. The Hall–Kier alpha value is -0.190. The Morgan fingerprint density at radius 2 is 2.41 bits per heavy atom. The Bertz CT molecular complexity index is 367. The van der Waals surface area contributed by atoms with E-state index < -0.39 is 0 Å². The molecule has 1 aliphatic carbocycles. The third-order valence-corrected chi connectivity index (χ3v) is 4.98. The quantitative estimate of drug-likeness (QED) is 0.915. The van der Waals surface area contributed by atoms with E-state index in [-0.39, 0.29) is 0 Å². The molecule has 0 aliphatic heterocycles. The molecule has 1 N–H and O–H groups in total. The first-order chi connectivity index (χ1) is 8.20. The lowest BCUT2D eigenvalue weighted by Crippen LogP contribution is -2.35. The molecule has 1 fully saturated rings. The molecule has 2 unspecified atom stereocenters. The van der Waals surface area contributed by atoms with Gasteiger partial charge in [0.2, 0.25) is 0 Å². The average molecular weight is 274 g/mol. The van der Waals surface area contributed by atoms with E-state index in [0.717, 1.165) is 17.6 Å². The van der Waals surface area contributed by atoms with Gasteiger partial charge in [-0.25, -0.2) is 4.98 Å². The monoisotopic (exact) mass is 273 g/mol. The molecule has 3 nitrogen and oxygen atoms in total. The zero-order valence-electron chi connectivity index (χ0n) is 10.4. The summed E-state index contributed by atoms with van der Waals surface area (Å²) >= 11 is 7.96. The van der Waals surface area contributed by atoms with Gasteiger partial charge in [0.25, 0.3) is 0 Å². The molecule has 0 saturated heterocycles. The highest BCUT2D eigenvalue weighted by atomic mass is 35.5. The van der Waals surface area contributed by atoms with Crippen LogP contribution in [0.15, 0.2) is 6.20 Å². The van der Waals surface area contributed by atoms with Crippen molar-refractivity contribution in [3.05, 3.63) is 17.2 Å². The van der Waals surface area contributed by atoms with Crippen molar-refractivity contribution in [3.63, 3.8) is 0 Å². The van der Waals surface area contributed by atoms with Gasteiger partial charge in [0.15, 0.2) is 0 Å². The van der Waals surface area contributed by atoms with Gasteiger partial charge >= 0.3 is 0 Å². The topological polar surface area (TPSA) is 29.9 Å². The summed E-state index contributed by atoms with van der Waals surface area (Å²) in [7, 11) is 1.96. The van der Waals surface area contributed by atoms with E-state index in [1.165, 1.54) is 25.7 Å².